The quantitative estimate of drug-likeness (QED) is 0.0449. The number of fused-ring (bicyclic) bond motifs is 1. The van der Waals surface area contributed by atoms with E-state index in [2.05, 4.69) is 36.2 Å². The van der Waals surface area contributed by atoms with Crippen molar-refractivity contribution in [1.29, 1.82) is 0 Å². The van der Waals surface area contributed by atoms with Gasteiger partial charge in [0.2, 0.25) is 23.6 Å². The van der Waals surface area contributed by atoms with E-state index in [1.807, 2.05) is 0 Å². The molecule has 1 aliphatic heterocycles. The van der Waals surface area contributed by atoms with Crippen LogP contribution in [0.2, 0.25) is 0 Å². The number of nitrogens with zero attached hydrogens (tertiary/aromatic N) is 3. The summed E-state index contributed by atoms with van der Waals surface area (Å²) < 4.78 is 16.0. The summed E-state index contributed by atoms with van der Waals surface area (Å²) in [6.45, 7) is 0.471. The number of nitrogens with one attached hydrogen (secondary N) is 4. The number of methoxy groups -OCH3 is 1. The smallest absolute Gasteiger partial charge is 0.329 e. The Labute approximate surface area is 283 Å². The average Bonchev–Trinajstić information content (AvgIpc) is 3.71. The summed E-state index contributed by atoms with van der Waals surface area (Å²) in [6, 6.07) is 3.28. The van der Waals surface area contributed by atoms with Gasteiger partial charge in [-0.1, -0.05) is 0 Å². The van der Waals surface area contributed by atoms with E-state index in [0.717, 1.165) is 4.70 Å². The van der Waals surface area contributed by atoms with Gasteiger partial charge in [0.25, 0.3) is 0 Å². The molecule has 48 heavy (non-hydrogen) atoms. The first-order valence-electron chi connectivity index (χ1n) is 14.7. The molecular weight excluding hydrogens is 670 g/mol. The number of aliphatic imine (C=N–C) groups is 2. The van der Waals surface area contributed by atoms with Gasteiger partial charge in [0.05, 0.1) is 49.7 Å². The van der Waals surface area contributed by atoms with Crippen LogP contribution >= 0.6 is 23.1 Å². The number of aromatic nitrogens is 1. The number of guanidine groups is 1. The van der Waals surface area contributed by atoms with Gasteiger partial charge in [0.15, 0.2) is 12.0 Å². The van der Waals surface area contributed by atoms with E-state index in [1.54, 1.807) is 25.3 Å². The van der Waals surface area contributed by atoms with Crippen molar-refractivity contribution in [2.24, 2.45) is 21.5 Å². The average molecular weight is 710 g/mol. The second kappa shape index (κ2) is 20.1. The van der Waals surface area contributed by atoms with Crippen LogP contribution in [0.1, 0.15) is 17.8 Å². The number of carbonyl (C=O) groups excluding carboxylic acids is 4. The molecule has 20 heteroatoms. The molecule has 2 heterocycles. The Kier molecular flexibility index (Phi) is 15.9. The Hall–Kier alpha value is -4.37. The maximum atomic E-state index is 13.3. The summed E-state index contributed by atoms with van der Waals surface area (Å²) in [5, 5.41) is 20.5. The molecule has 2 atom stereocenters. The van der Waals surface area contributed by atoms with E-state index in [-0.39, 0.29) is 45.3 Å². The number of hydrogen-bond acceptors (Lipinski definition) is 13. The van der Waals surface area contributed by atoms with Crippen molar-refractivity contribution in [3.05, 3.63) is 23.2 Å². The number of hydrogen-bond donors (Lipinski definition) is 7. The summed E-state index contributed by atoms with van der Waals surface area (Å²) in [4.78, 5) is 73.9. The number of carboxylic acid groups (broad SMARTS) is 1. The monoisotopic (exact) mass is 709 g/mol. The number of aliphatic carboxylic acids is 1. The Balaban J connectivity index is 1.50. The van der Waals surface area contributed by atoms with E-state index in [0.29, 0.717) is 46.6 Å². The van der Waals surface area contributed by atoms with Crippen LogP contribution in [-0.4, -0.2) is 128 Å². The van der Waals surface area contributed by atoms with Gasteiger partial charge in [0, 0.05) is 25.1 Å². The van der Waals surface area contributed by atoms with Crippen molar-refractivity contribution < 1.29 is 43.3 Å². The first-order chi connectivity index (χ1) is 23.0. The normalized spacial score (nSPS) is 14.5. The number of thiazole rings is 1. The lowest BCUT2D eigenvalue weighted by atomic mass is 10.1. The molecule has 0 fully saturated rings. The third-order valence-corrected chi connectivity index (χ3v) is 8.51. The van der Waals surface area contributed by atoms with Crippen LogP contribution < -0.4 is 32.7 Å². The minimum absolute atomic E-state index is 0.106. The molecule has 0 radical (unpaired) electrons. The number of anilines is 1. The fourth-order valence-corrected chi connectivity index (χ4v) is 6.06. The Morgan fingerprint density at radius 2 is 1.77 bits per heavy atom. The molecule has 1 aromatic heterocycles. The summed E-state index contributed by atoms with van der Waals surface area (Å²) in [7, 11) is 1.56. The molecule has 0 unspecified atom stereocenters. The maximum absolute atomic E-state index is 13.3. The molecular formula is C28H39N9O9S2. The van der Waals surface area contributed by atoms with Gasteiger partial charge in [-0.3, -0.25) is 29.2 Å². The number of rotatable bonds is 21. The first kappa shape index (κ1) is 38.1. The van der Waals surface area contributed by atoms with Crippen LogP contribution in [0.25, 0.3) is 10.2 Å². The van der Waals surface area contributed by atoms with Crippen molar-refractivity contribution in [3.8, 4) is 0 Å². The van der Waals surface area contributed by atoms with Crippen molar-refractivity contribution in [1.82, 2.24) is 20.9 Å². The van der Waals surface area contributed by atoms with Crippen LogP contribution in [-0.2, 0) is 38.2 Å². The zero-order chi connectivity index (χ0) is 34.9. The third kappa shape index (κ3) is 13.4. The van der Waals surface area contributed by atoms with E-state index in [1.165, 1.54) is 23.1 Å². The van der Waals surface area contributed by atoms with Crippen LogP contribution in [0.5, 0.6) is 0 Å². The molecule has 0 saturated heterocycles. The number of carbonyl (C=O) groups is 5. The first-order valence-corrected chi connectivity index (χ1v) is 16.5. The molecule has 18 nitrogen and oxygen atoms in total. The molecule has 262 valence electrons. The molecule has 0 spiro atoms. The number of nitrogens with two attached hydrogens (primary N) is 2. The van der Waals surface area contributed by atoms with Gasteiger partial charge >= 0.3 is 5.97 Å². The number of ether oxygens (including phenoxy) is 3. The second-order valence-corrected chi connectivity index (χ2v) is 12.1. The van der Waals surface area contributed by atoms with Gasteiger partial charge in [-0.15, -0.1) is 23.1 Å². The second-order valence-electron chi connectivity index (χ2n) is 10.1. The number of amides is 4. The van der Waals surface area contributed by atoms with Gasteiger partial charge in [0.1, 0.15) is 22.7 Å². The summed E-state index contributed by atoms with van der Waals surface area (Å²) in [5.74, 6) is -3.05. The SMILES string of the molecule is COCCOCCOCC(=O)NCC(=O)NCC(=O)N[C@@H](CCCN=C(N)N)C(=O)Nc1ccc2nc(C3=N[C@@H](C(=O)O)CS3)sc2c1. The maximum Gasteiger partial charge on any atom is 0.329 e. The largest absolute Gasteiger partial charge is 0.480 e. The summed E-state index contributed by atoms with van der Waals surface area (Å²) in [5.41, 5.74) is 11.9. The lowest BCUT2D eigenvalue weighted by Crippen LogP contribution is -2.48. The highest BCUT2D eigenvalue weighted by Crippen LogP contribution is 2.31. The minimum Gasteiger partial charge on any atom is -0.480 e. The van der Waals surface area contributed by atoms with Crippen molar-refractivity contribution >= 4 is 79.6 Å². The van der Waals surface area contributed by atoms with Crippen molar-refractivity contribution in [3.63, 3.8) is 0 Å². The number of carboxylic acids is 1. The highest BCUT2D eigenvalue weighted by Gasteiger charge is 2.27. The highest BCUT2D eigenvalue weighted by atomic mass is 32.2. The molecule has 1 aromatic carbocycles. The van der Waals surface area contributed by atoms with E-state index in [4.69, 9.17) is 25.7 Å². The van der Waals surface area contributed by atoms with E-state index < -0.39 is 48.2 Å². The molecule has 9 N–H and O–H groups in total. The van der Waals surface area contributed by atoms with Gasteiger partial charge in [-0.2, -0.15) is 0 Å². The molecule has 3 rings (SSSR count). The van der Waals surface area contributed by atoms with E-state index >= 15 is 0 Å². The van der Waals surface area contributed by atoms with Gasteiger partial charge in [-0.05, 0) is 31.0 Å². The standard InChI is InChI=1S/C28H39N9O9S2/c1-44-7-8-45-9-10-46-14-23(40)33-12-21(38)32-13-22(39)35-18(3-2-6-31-28(29)30)24(41)34-16-4-5-17-20(11-16)48-26(36-17)25-37-19(15-47-25)27(42)43/h4-5,11,18-19H,2-3,6-10,12-15H2,1H3,(H,32,38)(H,33,40)(H,34,41)(H,35,39)(H,42,43)(H4,29,30,31)/t18-,19+/m0/s1. The fraction of sp³-hybridized carbons (Fsp3) is 0.500. The Bertz CT molecular complexity index is 1500. The molecule has 0 saturated carbocycles. The molecule has 0 aliphatic carbocycles. The molecule has 2 aromatic rings. The number of thioether (sulfide) groups is 1. The molecule has 4 amide bonds. The molecule has 0 bridgehead atoms. The fourth-order valence-electron chi connectivity index (χ4n) is 3.96. The summed E-state index contributed by atoms with van der Waals surface area (Å²) >= 11 is 2.64. The third-order valence-electron chi connectivity index (χ3n) is 6.30. The topological polar surface area (TPSA) is 271 Å². The van der Waals surface area contributed by atoms with Gasteiger partial charge < -0.3 is 52.1 Å². The zero-order valence-corrected chi connectivity index (χ0v) is 27.8. The highest BCUT2D eigenvalue weighted by molar-refractivity contribution is 8.15. The minimum atomic E-state index is -0.996. The van der Waals surface area contributed by atoms with Gasteiger partial charge in [-0.25, -0.2) is 9.78 Å². The van der Waals surface area contributed by atoms with Crippen LogP contribution in [0.4, 0.5) is 5.69 Å². The van der Waals surface area contributed by atoms with E-state index in [9.17, 15) is 29.1 Å². The van der Waals surface area contributed by atoms with Crippen molar-refractivity contribution in [2.75, 3.05) is 70.8 Å². The summed E-state index contributed by atoms with van der Waals surface area (Å²) in [6.07, 6.45) is 0.550. The lowest BCUT2D eigenvalue weighted by molar-refractivity contribution is -0.137. The van der Waals surface area contributed by atoms with Crippen LogP contribution in [0.3, 0.4) is 0 Å². The van der Waals surface area contributed by atoms with Crippen molar-refractivity contribution in [2.45, 2.75) is 24.9 Å². The zero-order valence-electron chi connectivity index (χ0n) is 26.2. The molecule has 1 aliphatic rings. The van der Waals surface area contributed by atoms with Crippen LogP contribution in [0.15, 0.2) is 28.2 Å². The number of benzene rings is 1. The Morgan fingerprint density at radius 1 is 1.04 bits per heavy atom. The Morgan fingerprint density at radius 3 is 2.50 bits per heavy atom. The predicted octanol–water partition coefficient (Wildman–Crippen LogP) is -1.37. The van der Waals surface area contributed by atoms with Crippen LogP contribution in [0, 0.1) is 0 Å². The lowest BCUT2D eigenvalue weighted by Gasteiger charge is -2.18. The predicted molar refractivity (Wildman–Crippen MR) is 180 cm³/mol.